The molecule has 2 nitrogen and oxygen atoms in total. The van der Waals surface area contributed by atoms with Gasteiger partial charge in [-0.25, -0.2) is 0 Å². The van der Waals surface area contributed by atoms with Crippen LogP contribution in [-0.2, 0) is 0 Å². The zero-order valence-electron chi connectivity index (χ0n) is 12.0. The summed E-state index contributed by atoms with van der Waals surface area (Å²) >= 11 is 0. The van der Waals surface area contributed by atoms with E-state index in [2.05, 4.69) is 43.0 Å². The largest absolute Gasteiger partial charge is 0.508 e. The number of hydrogen-bond donors (Lipinski definition) is 1. The lowest BCUT2D eigenvalue weighted by Gasteiger charge is -2.31. The minimum Gasteiger partial charge on any atom is -0.508 e. The molecule has 0 aliphatic heterocycles. The Labute approximate surface area is 127 Å². The van der Waals surface area contributed by atoms with Gasteiger partial charge >= 0.3 is 0 Å². The number of hydrogen-bond acceptors (Lipinski definition) is 2. The van der Waals surface area contributed by atoms with E-state index in [-0.39, 0.29) is 12.4 Å². The molecule has 0 aromatic heterocycles. The van der Waals surface area contributed by atoms with Crippen LogP contribution < -0.4 is 4.90 Å². The third kappa shape index (κ3) is 3.91. The van der Waals surface area contributed by atoms with Gasteiger partial charge in [-0.15, -0.1) is 12.4 Å². The standard InChI is InChI=1S/C17H21NO.ClH/c1-3-13-18(16-9-11-17(19)12-10-16)14(2)15-7-5-4-6-8-15;/h4-12,14,19H,3,13H2,1-2H3;1H/t14-;/m1./s1. The van der Waals surface area contributed by atoms with Crippen LogP contribution in [0.4, 0.5) is 5.69 Å². The molecule has 108 valence electrons. The lowest BCUT2D eigenvalue weighted by atomic mass is 10.1. The molecule has 0 amide bonds. The number of halogens is 1. The third-order valence-corrected chi connectivity index (χ3v) is 3.40. The molecular formula is C17H22ClNO. The SMILES string of the molecule is CCCN(c1ccc(O)cc1)[C@H](C)c1ccccc1.Cl. The van der Waals surface area contributed by atoms with Crippen molar-refractivity contribution in [1.29, 1.82) is 0 Å². The van der Waals surface area contributed by atoms with Gasteiger partial charge in [0.2, 0.25) is 0 Å². The molecule has 0 saturated heterocycles. The monoisotopic (exact) mass is 291 g/mol. The van der Waals surface area contributed by atoms with Gasteiger partial charge in [-0.05, 0) is 43.2 Å². The lowest BCUT2D eigenvalue weighted by Crippen LogP contribution is -2.27. The minimum absolute atomic E-state index is 0. The van der Waals surface area contributed by atoms with Gasteiger partial charge in [-0.3, -0.25) is 0 Å². The number of phenols is 1. The molecule has 1 atom stereocenters. The molecule has 0 bridgehead atoms. The molecular weight excluding hydrogens is 270 g/mol. The molecule has 2 aromatic carbocycles. The highest BCUT2D eigenvalue weighted by Crippen LogP contribution is 2.28. The number of phenolic OH excluding ortho intramolecular Hbond substituents is 1. The molecule has 0 unspecified atom stereocenters. The van der Waals surface area contributed by atoms with Crippen LogP contribution in [0.5, 0.6) is 5.75 Å². The maximum atomic E-state index is 9.41. The van der Waals surface area contributed by atoms with E-state index in [1.165, 1.54) is 5.56 Å². The summed E-state index contributed by atoms with van der Waals surface area (Å²) in [5.74, 6) is 0.313. The second kappa shape index (κ2) is 7.81. The van der Waals surface area contributed by atoms with Crippen LogP contribution >= 0.6 is 12.4 Å². The van der Waals surface area contributed by atoms with Gasteiger partial charge < -0.3 is 10.0 Å². The van der Waals surface area contributed by atoms with E-state index in [1.807, 2.05) is 18.2 Å². The molecule has 0 aliphatic carbocycles. The molecule has 1 N–H and O–H groups in total. The van der Waals surface area contributed by atoms with Crippen LogP contribution in [-0.4, -0.2) is 11.7 Å². The zero-order valence-corrected chi connectivity index (χ0v) is 12.8. The zero-order chi connectivity index (χ0) is 13.7. The molecule has 0 heterocycles. The highest BCUT2D eigenvalue weighted by atomic mass is 35.5. The first-order chi connectivity index (χ1) is 9.22. The van der Waals surface area contributed by atoms with Crippen molar-refractivity contribution in [3.63, 3.8) is 0 Å². The van der Waals surface area contributed by atoms with Crippen LogP contribution in [0.2, 0.25) is 0 Å². The molecule has 2 aromatic rings. The minimum atomic E-state index is 0. The highest BCUT2D eigenvalue weighted by molar-refractivity contribution is 5.85. The number of benzene rings is 2. The highest BCUT2D eigenvalue weighted by Gasteiger charge is 2.15. The fourth-order valence-corrected chi connectivity index (χ4v) is 2.34. The van der Waals surface area contributed by atoms with E-state index in [4.69, 9.17) is 0 Å². The molecule has 0 aliphatic rings. The van der Waals surface area contributed by atoms with Crippen molar-refractivity contribution in [2.75, 3.05) is 11.4 Å². The normalized spacial score (nSPS) is 11.5. The summed E-state index contributed by atoms with van der Waals surface area (Å²) in [5, 5.41) is 9.41. The van der Waals surface area contributed by atoms with Gasteiger partial charge in [-0.2, -0.15) is 0 Å². The van der Waals surface area contributed by atoms with Crippen LogP contribution in [0.1, 0.15) is 31.9 Å². The molecule has 0 saturated carbocycles. The van der Waals surface area contributed by atoms with Gasteiger partial charge in [0.05, 0.1) is 6.04 Å². The number of nitrogens with zero attached hydrogens (tertiary/aromatic N) is 1. The maximum Gasteiger partial charge on any atom is 0.115 e. The quantitative estimate of drug-likeness (QED) is 0.856. The van der Waals surface area contributed by atoms with Crippen molar-refractivity contribution in [2.24, 2.45) is 0 Å². The van der Waals surface area contributed by atoms with Gasteiger partial charge in [0.15, 0.2) is 0 Å². The van der Waals surface area contributed by atoms with Gasteiger partial charge in [0.25, 0.3) is 0 Å². The predicted molar refractivity (Wildman–Crippen MR) is 87.8 cm³/mol. The number of aromatic hydroxyl groups is 1. The Hall–Kier alpha value is -1.67. The summed E-state index contributed by atoms with van der Waals surface area (Å²) in [6, 6.07) is 18.3. The maximum absolute atomic E-state index is 9.41. The Morgan fingerprint density at radius 1 is 1.00 bits per heavy atom. The van der Waals surface area contributed by atoms with Crippen molar-refractivity contribution < 1.29 is 5.11 Å². The predicted octanol–water partition coefficient (Wildman–Crippen LogP) is 4.79. The summed E-state index contributed by atoms with van der Waals surface area (Å²) in [5.41, 5.74) is 2.46. The Kier molecular flexibility index (Phi) is 6.40. The smallest absolute Gasteiger partial charge is 0.115 e. The van der Waals surface area contributed by atoms with Crippen LogP contribution in [0, 0.1) is 0 Å². The Morgan fingerprint density at radius 2 is 1.60 bits per heavy atom. The topological polar surface area (TPSA) is 23.5 Å². The van der Waals surface area contributed by atoms with Crippen molar-refractivity contribution in [1.82, 2.24) is 0 Å². The van der Waals surface area contributed by atoms with E-state index < -0.39 is 0 Å². The molecule has 0 spiro atoms. The van der Waals surface area contributed by atoms with E-state index in [0.29, 0.717) is 11.8 Å². The fourth-order valence-electron chi connectivity index (χ4n) is 2.34. The van der Waals surface area contributed by atoms with Crippen LogP contribution in [0.15, 0.2) is 54.6 Å². The van der Waals surface area contributed by atoms with Crippen molar-refractivity contribution in [2.45, 2.75) is 26.3 Å². The van der Waals surface area contributed by atoms with Gasteiger partial charge in [0.1, 0.15) is 5.75 Å². The summed E-state index contributed by atoms with van der Waals surface area (Å²) in [6.45, 7) is 5.41. The summed E-state index contributed by atoms with van der Waals surface area (Å²) in [6.07, 6.45) is 1.10. The van der Waals surface area contributed by atoms with E-state index in [0.717, 1.165) is 18.7 Å². The van der Waals surface area contributed by atoms with Gasteiger partial charge in [-0.1, -0.05) is 37.3 Å². The average Bonchev–Trinajstić information content (AvgIpc) is 2.46. The molecule has 2 rings (SSSR count). The van der Waals surface area contributed by atoms with Crippen molar-refractivity contribution in [3.8, 4) is 5.75 Å². The summed E-state index contributed by atoms with van der Waals surface area (Å²) < 4.78 is 0. The molecule has 0 fully saturated rings. The second-order valence-corrected chi connectivity index (χ2v) is 4.80. The lowest BCUT2D eigenvalue weighted by molar-refractivity contribution is 0.475. The van der Waals surface area contributed by atoms with Crippen LogP contribution in [0.25, 0.3) is 0 Å². The Bertz CT molecular complexity index is 498. The molecule has 0 radical (unpaired) electrons. The van der Waals surface area contributed by atoms with E-state index in [1.54, 1.807) is 12.1 Å². The molecule has 3 heteroatoms. The third-order valence-electron chi connectivity index (χ3n) is 3.40. The number of rotatable bonds is 5. The first kappa shape index (κ1) is 16.4. The Balaban J connectivity index is 0.00000200. The summed E-state index contributed by atoms with van der Waals surface area (Å²) in [4.78, 5) is 2.37. The Morgan fingerprint density at radius 3 is 2.15 bits per heavy atom. The van der Waals surface area contributed by atoms with Gasteiger partial charge in [0, 0.05) is 12.2 Å². The second-order valence-electron chi connectivity index (χ2n) is 4.80. The van der Waals surface area contributed by atoms with Crippen molar-refractivity contribution >= 4 is 18.1 Å². The van der Waals surface area contributed by atoms with Crippen LogP contribution in [0.3, 0.4) is 0 Å². The summed E-state index contributed by atoms with van der Waals surface area (Å²) in [7, 11) is 0. The first-order valence-corrected chi connectivity index (χ1v) is 6.83. The first-order valence-electron chi connectivity index (χ1n) is 6.83. The molecule has 20 heavy (non-hydrogen) atoms. The number of anilines is 1. The average molecular weight is 292 g/mol. The fraction of sp³-hybridized carbons (Fsp3) is 0.294. The van der Waals surface area contributed by atoms with E-state index >= 15 is 0 Å². The van der Waals surface area contributed by atoms with Crippen molar-refractivity contribution in [3.05, 3.63) is 60.2 Å². The van der Waals surface area contributed by atoms with E-state index in [9.17, 15) is 5.11 Å².